The molecule has 0 aliphatic rings. The molecule has 0 aromatic heterocycles. The Kier molecular flexibility index (Phi) is 8.13. The molecule has 178 valence electrons. The fourth-order valence-electron chi connectivity index (χ4n) is 4.00. The van der Waals surface area contributed by atoms with Crippen LogP contribution in [0.15, 0.2) is 84.9 Å². The van der Waals surface area contributed by atoms with Gasteiger partial charge in [-0.3, -0.25) is 0 Å². The molecule has 4 aromatic rings. The van der Waals surface area contributed by atoms with Crippen molar-refractivity contribution in [3.8, 4) is 16.9 Å². The van der Waals surface area contributed by atoms with Gasteiger partial charge in [0, 0.05) is 17.1 Å². The van der Waals surface area contributed by atoms with E-state index in [0.29, 0.717) is 5.02 Å². The average Bonchev–Trinajstić information content (AvgIpc) is 2.78. The van der Waals surface area contributed by atoms with Gasteiger partial charge < -0.3 is 10.1 Å². The molecule has 7 heteroatoms. The Hall–Kier alpha value is -2.73. The van der Waals surface area contributed by atoms with E-state index in [9.17, 15) is 13.2 Å². The quantitative estimate of drug-likeness (QED) is 0.282. The van der Waals surface area contributed by atoms with Crippen molar-refractivity contribution in [3.63, 3.8) is 0 Å². The number of halogens is 5. The van der Waals surface area contributed by atoms with Crippen LogP contribution in [0.25, 0.3) is 21.9 Å². The highest BCUT2D eigenvalue weighted by molar-refractivity contribution is 6.30. The minimum atomic E-state index is -4.71. The van der Waals surface area contributed by atoms with Crippen LogP contribution in [0, 0.1) is 0 Å². The first-order valence-corrected chi connectivity index (χ1v) is 11.0. The number of hydrogen-bond acceptors (Lipinski definition) is 2. The van der Waals surface area contributed by atoms with Crippen LogP contribution in [0.2, 0.25) is 5.02 Å². The highest BCUT2D eigenvalue weighted by Gasteiger charge is 2.31. The predicted molar refractivity (Wildman–Crippen MR) is 135 cm³/mol. The number of fused-ring (bicyclic) bond motifs is 1. The van der Waals surface area contributed by atoms with Gasteiger partial charge in [-0.25, -0.2) is 0 Å². The van der Waals surface area contributed by atoms with E-state index >= 15 is 0 Å². The Balaban J connectivity index is 0.00000324. The van der Waals surface area contributed by atoms with E-state index in [0.717, 1.165) is 33.0 Å². The molecular weight excluding hydrogens is 482 g/mol. The monoisotopic (exact) mass is 505 g/mol. The Bertz CT molecular complexity index is 1260. The second-order valence-corrected chi connectivity index (χ2v) is 8.46. The Morgan fingerprint density at radius 3 is 2.15 bits per heavy atom. The normalized spacial score (nSPS) is 13.2. The van der Waals surface area contributed by atoms with Gasteiger partial charge in [0.15, 0.2) is 0 Å². The summed E-state index contributed by atoms with van der Waals surface area (Å²) in [5, 5.41) is 6.40. The van der Waals surface area contributed by atoms with Crippen molar-refractivity contribution >= 4 is 34.8 Å². The summed E-state index contributed by atoms with van der Waals surface area (Å²) >= 11 is 6.14. The van der Waals surface area contributed by atoms with Crippen molar-refractivity contribution in [2.24, 2.45) is 0 Å². The maximum absolute atomic E-state index is 12.5. The van der Waals surface area contributed by atoms with Crippen LogP contribution in [-0.2, 0) is 0 Å². The fraction of sp³-hybridized carbons (Fsp3) is 0.185. The number of hydrogen-bond donors (Lipinski definition) is 1. The van der Waals surface area contributed by atoms with Crippen molar-refractivity contribution in [2.75, 3.05) is 0 Å². The van der Waals surface area contributed by atoms with Gasteiger partial charge in [-0.05, 0) is 83.3 Å². The lowest BCUT2D eigenvalue weighted by molar-refractivity contribution is -0.274. The summed E-state index contributed by atoms with van der Waals surface area (Å²) in [5.74, 6) is -0.239. The van der Waals surface area contributed by atoms with Crippen molar-refractivity contribution < 1.29 is 17.9 Å². The third-order valence-electron chi connectivity index (χ3n) is 5.63. The molecule has 1 N–H and O–H groups in total. The van der Waals surface area contributed by atoms with Crippen LogP contribution in [0.4, 0.5) is 13.2 Å². The molecule has 0 bridgehead atoms. The summed E-state index contributed by atoms with van der Waals surface area (Å²) in [6, 6.07) is 26.1. The van der Waals surface area contributed by atoms with E-state index in [1.165, 1.54) is 12.1 Å². The van der Waals surface area contributed by atoms with Gasteiger partial charge in [-0.15, -0.1) is 25.6 Å². The highest BCUT2D eigenvalue weighted by Crippen LogP contribution is 2.34. The molecule has 0 aliphatic carbocycles. The Morgan fingerprint density at radius 2 is 1.47 bits per heavy atom. The van der Waals surface area contributed by atoms with Gasteiger partial charge in [0.25, 0.3) is 0 Å². The summed E-state index contributed by atoms with van der Waals surface area (Å²) in [6.45, 7) is 4.18. The van der Waals surface area contributed by atoms with Gasteiger partial charge in [-0.1, -0.05) is 60.1 Å². The minimum absolute atomic E-state index is 0. The lowest BCUT2D eigenvalue weighted by Crippen LogP contribution is -2.22. The molecule has 2 nitrogen and oxygen atoms in total. The zero-order valence-corrected chi connectivity index (χ0v) is 20.1. The predicted octanol–water partition coefficient (Wildman–Crippen LogP) is 8.89. The molecular formula is C27H24Cl2F3NO. The lowest BCUT2D eigenvalue weighted by atomic mass is 9.93. The Labute approximate surface area is 208 Å². The number of ether oxygens (including phenoxy) is 1. The van der Waals surface area contributed by atoms with Gasteiger partial charge in [0.1, 0.15) is 5.75 Å². The second kappa shape index (κ2) is 10.7. The molecule has 1 unspecified atom stereocenters. The molecule has 0 spiro atoms. The van der Waals surface area contributed by atoms with E-state index in [4.69, 9.17) is 11.6 Å². The molecule has 0 aliphatic heterocycles. The van der Waals surface area contributed by atoms with E-state index in [1.807, 2.05) is 48.5 Å². The highest BCUT2D eigenvalue weighted by atomic mass is 35.5. The first-order valence-electron chi connectivity index (χ1n) is 10.6. The SMILES string of the molecule is CC(N[C@H](C)c1cccc(Cl)c1)c1cc(-c2ccc(OC(F)(F)F)cc2)c2ccccc2c1.Cl. The smallest absolute Gasteiger partial charge is 0.406 e. The molecule has 4 rings (SSSR count). The topological polar surface area (TPSA) is 21.3 Å². The van der Waals surface area contributed by atoms with Crippen molar-refractivity contribution in [2.45, 2.75) is 32.3 Å². The summed E-state index contributed by atoms with van der Waals surface area (Å²) < 4.78 is 41.6. The summed E-state index contributed by atoms with van der Waals surface area (Å²) in [7, 11) is 0. The second-order valence-electron chi connectivity index (χ2n) is 8.03. The average molecular weight is 506 g/mol. The first kappa shape index (κ1) is 25.9. The molecule has 0 saturated heterocycles. The van der Waals surface area contributed by atoms with E-state index < -0.39 is 6.36 Å². The fourth-order valence-corrected chi connectivity index (χ4v) is 4.20. The maximum atomic E-state index is 12.5. The molecule has 0 saturated carbocycles. The van der Waals surface area contributed by atoms with Crippen LogP contribution in [-0.4, -0.2) is 6.36 Å². The van der Waals surface area contributed by atoms with Gasteiger partial charge in [0.2, 0.25) is 0 Å². The Morgan fingerprint density at radius 1 is 0.794 bits per heavy atom. The molecule has 34 heavy (non-hydrogen) atoms. The van der Waals surface area contributed by atoms with E-state index in [1.54, 1.807) is 12.1 Å². The summed E-state index contributed by atoms with van der Waals surface area (Å²) in [4.78, 5) is 0. The van der Waals surface area contributed by atoms with Crippen LogP contribution in [0.5, 0.6) is 5.75 Å². The van der Waals surface area contributed by atoms with Gasteiger partial charge in [0.05, 0.1) is 0 Å². The molecule has 0 heterocycles. The zero-order chi connectivity index (χ0) is 23.6. The van der Waals surface area contributed by atoms with Gasteiger partial charge >= 0.3 is 6.36 Å². The number of nitrogens with one attached hydrogen (secondary N) is 1. The lowest BCUT2D eigenvalue weighted by Gasteiger charge is -2.22. The van der Waals surface area contributed by atoms with Crippen LogP contribution < -0.4 is 10.1 Å². The zero-order valence-electron chi connectivity index (χ0n) is 18.6. The number of benzene rings is 4. The summed E-state index contributed by atoms with van der Waals surface area (Å²) in [6.07, 6.45) is -4.71. The van der Waals surface area contributed by atoms with Gasteiger partial charge in [-0.2, -0.15) is 0 Å². The van der Waals surface area contributed by atoms with E-state index in [-0.39, 0.29) is 30.2 Å². The molecule has 4 aromatic carbocycles. The third kappa shape index (κ3) is 6.23. The number of alkyl halides is 3. The third-order valence-corrected chi connectivity index (χ3v) is 5.87. The largest absolute Gasteiger partial charge is 0.573 e. The molecule has 0 fully saturated rings. The van der Waals surface area contributed by atoms with Crippen molar-refractivity contribution in [1.29, 1.82) is 0 Å². The van der Waals surface area contributed by atoms with E-state index in [2.05, 4.69) is 36.0 Å². The van der Waals surface area contributed by atoms with Crippen LogP contribution >= 0.6 is 24.0 Å². The number of rotatable bonds is 6. The molecule has 0 radical (unpaired) electrons. The summed E-state index contributed by atoms with van der Waals surface area (Å²) in [5.41, 5.74) is 3.94. The molecule has 2 atom stereocenters. The standard InChI is InChI=1S/C27H23ClF3NO.ClH/c1-17(20-7-5-8-23(28)15-20)32-18(2)22-14-21-6-3-4-9-25(21)26(16-22)19-10-12-24(13-11-19)33-27(29,30)31;/h3-18,32H,1-2H3;1H/t17-,18?;/m1./s1. The minimum Gasteiger partial charge on any atom is -0.406 e. The maximum Gasteiger partial charge on any atom is 0.573 e. The van der Waals surface area contributed by atoms with Crippen LogP contribution in [0.3, 0.4) is 0 Å². The van der Waals surface area contributed by atoms with Crippen molar-refractivity contribution in [1.82, 2.24) is 5.32 Å². The van der Waals surface area contributed by atoms with Crippen molar-refractivity contribution in [3.05, 3.63) is 101 Å². The first-order chi connectivity index (χ1) is 15.7. The van der Waals surface area contributed by atoms with Crippen LogP contribution in [0.1, 0.15) is 37.1 Å². The molecule has 0 amide bonds.